The standard InChI is InChI=1S/C17H15FO2/c1-11-2-9-15(16(18)10-11)17(19)12-3-5-13(6-4-12)20-14-7-8-14/h2-6,9-10,14H,7-8H2,1H3. The maximum absolute atomic E-state index is 13.8. The van der Waals surface area contributed by atoms with Crippen molar-refractivity contribution in [3.05, 3.63) is 65.0 Å². The highest BCUT2D eigenvalue weighted by Crippen LogP contribution is 2.27. The van der Waals surface area contributed by atoms with Gasteiger partial charge in [0.25, 0.3) is 0 Å². The van der Waals surface area contributed by atoms with E-state index in [0.717, 1.165) is 24.2 Å². The molecule has 0 aliphatic heterocycles. The van der Waals surface area contributed by atoms with Gasteiger partial charge >= 0.3 is 0 Å². The van der Waals surface area contributed by atoms with Gasteiger partial charge in [0.05, 0.1) is 11.7 Å². The average molecular weight is 270 g/mol. The third-order valence-corrected chi connectivity index (χ3v) is 3.31. The number of ketones is 1. The number of benzene rings is 2. The van der Waals surface area contributed by atoms with Gasteiger partial charge < -0.3 is 4.74 Å². The first-order chi connectivity index (χ1) is 9.63. The normalized spacial score (nSPS) is 14.1. The van der Waals surface area contributed by atoms with Gasteiger partial charge in [0.1, 0.15) is 11.6 Å². The number of carbonyl (C=O) groups is 1. The first kappa shape index (κ1) is 12.9. The zero-order valence-corrected chi connectivity index (χ0v) is 11.2. The van der Waals surface area contributed by atoms with E-state index in [1.54, 1.807) is 37.3 Å². The molecular formula is C17H15FO2. The molecule has 20 heavy (non-hydrogen) atoms. The molecule has 0 bridgehead atoms. The second-order valence-corrected chi connectivity index (χ2v) is 5.15. The van der Waals surface area contributed by atoms with Crippen LogP contribution in [0.3, 0.4) is 0 Å². The zero-order chi connectivity index (χ0) is 14.1. The van der Waals surface area contributed by atoms with E-state index in [9.17, 15) is 9.18 Å². The molecule has 3 heteroatoms. The van der Waals surface area contributed by atoms with E-state index in [0.29, 0.717) is 11.7 Å². The summed E-state index contributed by atoms with van der Waals surface area (Å²) in [5.41, 5.74) is 1.37. The minimum atomic E-state index is -0.478. The molecule has 2 aromatic rings. The molecule has 1 fully saturated rings. The fraction of sp³-hybridized carbons (Fsp3) is 0.235. The lowest BCUT2D eigenvalue weighted by Gasteiger charge is -2.06. The van der Waals surface area contributed by atoms with Crippen LogP contribution in [-0.2, 0) is 0 Å². The molecule has 0 atom stereocenters. The summed E-state index contributed by atoms with van der Waals surface area (Å²) in [5, 5.41) is 0. The Morgan fingerprint density at radius 1 is 1.15 bits per heavy atom. The Bertz CT molecular complexity index is 643. The van der Waals surface area contributed by atoms with E-state index >= 15 is 0 Å². The smallest absolute Gasteiger partial charge is 0.195 e. The van der Waals surface area contributed by atoms with Crippen molar-refractivity contribution in [3.63, 3.8) is 0 Å². The van der Waals surface area contributed by atoms with Crippen molar-refractivity contribution in [1.29, 1.82) is 0 Å². The van der Waals surface area contributed by atoms with Crippen molar-refractivity contribution in [3.8, 4) is 5.75 Å². The predicted octanol–water partition coefficient (Wildman–Crippen LogP) is 3.91. The molecular weight excluding hydrogens is 255 g/mol. The first-order valence-electron chi connectivity index (χ1n) is 6.71. The number of carbonyl (C=O) groups excluding carboxylic acids is 1. The number of aryl methyl sites for hydroxylation is 1. The predicted molar refractivity (Wildman–Crippen MR) is 74.7 cm³/mol. The van der Waals surface area contributed by atoms with Crippen LogP contribution in [-0.4, -0.2) is 11.9 Å². The summed E-state index contributed by atoms with van der Waals surface area (Å²) in [6, 6.07) is 11.5. The monoisotopic (exact) mass is 270 g/mol. The molecule has 0 spiro atoms. The quantitative estimate of drug-likeness (QED) is 0.787. The Kier molecular flexibility index (Phi) is 3.26. The highest BCUT2D eigenvalue weighted by molar-refractivity contribution is 6.09. The molecule has 0 amide bonds. The SMILES string of the molecule is Cc1ccc(C(=O)c2ccc(OC3CC3)cc2)c(F)c1. The first-order valence-corrected chi connectivity index (χ1v) is 6.71. The number of rotatable bonds is 4. The lowest BCUT2D eigenvalue weighted by atomic mass is 10.0. The van der Waals surface area contributed by atoms with Crippen molar-refractivity contribution in [2.45, 2.75) is 25.9 Å². The zero-order valence-electron chi connectivity index (χ0n) is 11.2. The fourth-order valence-electron chi connectivity index (χ4n) is 2.02. The van der Waals surface area contributed by atoms with Gasteiger partial charge in [-0.2, -0.15) is 0 Å². The van der Waals surface area contributed by atoms with E-state index < -0.39 is 5.82 Å². The maximum Gasteiger partial charge on any atom is 0.195 e. The summed E-state index contributed by atoms with van der Waals surface area (Å²) in [6.07, 6.45) is 2.51. The third kappa shape index (κ3) is 2.72. The lowest BCUT2D eigenvalue weighted by molar-refractivity contribution is 0.103. The van der Waals surface area contributed by atoms with Gasteiger partial charge in [0, 0.05) is 5.56 Å². The van der Waals surface area contributed by atoms with Crippen molar-refractivity contribution < 1.29 is 13.9 Å². The van der Waals surface area contributed by atoms with Gasteiger partial charge in [-0.05, 0) is 61.7 Å². The summed E-state index contributed by atoms with van der Waals surface area (Å²) >= 11 is 0. The molecule has 102 valence electrons. The Morgan fingerprint density at radius 2 is 1.85 bits per heavy atom. The third-order valence-electron chi connectivity index (χ3n) is 3.31. The van der Waals surface area contributed by atoms with Gasteiger partial charge in [-0.15, -0.1) is 0 Å². The molecule has 0 aromatic heterocycles. The molecule has 3 rings (SSSR count). The second kappa shape index (κ2) is 5.08. The molecule has 0 heterocycles. The molecule has 0 N–H and O–H groups in total. The van der Waals surface area contributed by atoms with E-state index in [1.165, 1.54) is 12.1 Å². The summed E-state index contributed by atoms with van der Waals surface area (Å²) in [6.45, 7) is 1.79. The van der Waals surface area contributed by atoms with Gasteiger partial charge in [-0.1, -0.05) is 6.07 Å². The minimum absolute atomic E-state index is 0.103. The van der Waals surface area contributed by atoms with Crippen LogP contribution in [0.4, 0.5) is 4.39 Å². The Hall–Kier alpha value is -2.16. The van der Waals surface area contributed by atoms with Crippen LogP contribution in [0.2, 0.25) is 0 Å². The van der Waals surface area contributed by atoms with E-state index in [-0.39, 0.29) is 11.3 Å². The molecule has 2 nitrogen and oxygen atoms in total. The van der Waals surface area contributed by atoms with Gasteiger partial charge in [-0.25, -0.2) is 4.39 Å². The average Bonchev–Trinajstić information content (AvgIpc) is 3.23. The van der Waals surface area contributed by atoms with E-state index in [4.69, 9.17) is 4.74 Å². The van der Waals surface area contributed by atoms with Crippen molar-refractivity contribution in [1.82, 2.24) is 0 Å². The van der Waals surface area contributed by atoms with Crippen LogP contribution in [0, 0.1) is 12.7 Å². The molecule has 0 unspecified atom stereocenters. The summed E-state index contributed by atoms with van der Waals surface area (Å²) < 4.78 is 19.4. The highest BCUT2D eigenvalue weighted by atomic mass is 19.1. The second-order valence-electron chi connectivity index (χ2n) is 5.15. The highest BCUT2D eigenvalue weighted by Gasteiger charge is 2.23. The van der Waals surface area contributed by atoms with Gasteiger partial charge in [0.2, 0.25) is 0 Å². The number of hydrogen-bond acceptors (Lipinski definition) is 2. The topological polar surface area (TPSA) is 26.3 Å². The van der Waals surface area contributed by atoms with Crippen molar-refractivity contribution >= 4 is 5.78 Å². The summed E-state index contributed by atoms with van der Waals surface area (Å²) in [7, 11) is 0. The minimum Gasteiger partial charge on any atom is -0.490 e. The van der Waals surface area contributed by atoms with Crippen LogP contribution in [0.15, 0.2) is 42.5 Å². The molecule has 2 aromatic carbocycles. The number of ether oxygens (including phenoxy) is 1. The summed E-state index contributed by atoms with van der Waals surface area (Å²) in [4.78, 5) is 12.2. The molecule has 1 saturated carbocycles. The lowest BCUT2D eigenvalue weighted by Crippen LogP contribution is -2.05. The molecule has 0 saturated heterocycles. The van der Waals surface area contributed by atoms with Gasteiger partial charge in [-0.3, -0.25) is 4.79 Å². The largest absolute Gasteiger partial charge is 0.490 e. The number of halogens is 1. The number of hydrogen-bond donors (Lipinski definition) is 0. The summed E-state index contributed by atoms with van der Waals surface area (Å²) in [5.74, 6) is -0.0257. The molecule has 0 radical (unpaired) electrons. The van der Waals surface area contributed by atoms with Crippen LogP contribution in [0.5, 0.6) is 5.75 Å². The van der Waals surface area contributed by atoms with Crippen LogP contribution in [0.1, 0.15) is 34.3 Å². The maximum atomic E-state index is 13.8. The van der Waals surface area contributed by atoms with Crippen LogP contribution in [0.25, 0.3) is 0 Å². The Morgan fingerprint density at radius 3 is 2.45 bits per heavy atom. The van der Waals surface area contributed by atoms with Crippen LogP contribution >= 0.6 is 0 Å². The molecule has 1 aliphatic rings. The Labute approximate surface area is 117 Å². The fourth-order valence-corrected chi connectivity index (χ4v) is 2.02. The van der Waals surface area contributed by atoms with Crippen molar-refractivity contribution in [2.24, 2.45) is 0 Å². The van der Waals surface area contributed by atoms with Crippen LogP contribution < -0.4 is 4.74 Å². The molecule has 1 aliphatic carbocycles. The van der Waals surface area contributed by atoms with Gasteiger partial charge in [0.15, 0.2) is 5.78 Å². The Balaban J connectivity index is 1.82. The van der Waals surface area contributed by atoms with Crippen molar-refractivity contribution in [2.75, 3.05) is 0 Å². The van der Waals surface area contributed by atoms with E-state index in [1.807, 2.05) is 0 Å². The van der Waals surface area contributed by atoms with E-state index in [2.05, 4.69) is 0 Å².